The molecule has 2 aliphatic heterocycles. The summed E-state index contributed by atoms with van der Waals surface area (Å²) in [6.07, 6.45) is 3.95. The third kappa shape index (κ3) is 2.45. The van der Waals surface area contributed by atoms with E-state index >= 15 is 0 Å². The molecule has 3 unspecified atom stereocenters. The second-order valence-corrected chi connectivity index (χ2v) is 7.14. The monoisotopic (exact) mass is 254 g/mol. The van der Waals surface area contributed by atoms with Crippen molar-refractivity contribution in [2.75, 3.05) is 13.1 Å². The van der Waals surface area contributed by atoms with Gasteiger partial charge < -0.3 is 10.5 Å². The van der Waals surface area contributed by atoms with E-state index in [0.29, 0.717) is 5.92 Å². The van der Waals surface area contributed by atoms with Crippen molar-refractivity contribution in [2.24, 2.45) is 11.7 Å². The highest BCUT2D eigenvalue weighted by molar-refractivity contribution is 5.05. The fourth-order valence-corrected chi connectivity index (χ4v) is 3.92. The van der Waals surface area contributed by atoms with Crippen molar-refractivity contribution in [3.05, 3.63) is 0 Å². The molecule has 0 aliphatic carbocycles. The first-order valence-corrected chi connectivity index (χ1v) is 7.47. The first-order valence-electron chi connectivity index (χ1n) is 7.47. The molecule has 3 heteroatoms. The third-order valence-electron chi connectivity index (χ3n) is 5.06. The molecule has 0 bridgehead atoms. The van der Waals surface area contributed by atoms with Gasteiger partial charge in [-0.25, -0.2) is 0 Å². The van der Waals surface area contributed by atoms with Crippen LogP contribution in [0.3, 0.4) is 0 Å². The summed E-state index contributed by atoms with van der Waals surface area (Å²) < 4.78 is 6.19. The highest BCUT2D eigenvalue weighted by atomic mass is 16.5. The Kier molecular flexibility index (Phi) is 3.79. The maximum Gasteiger partial charge on any atom is 0.0788 e. The van der Waals surface area contributed by atoms with E-state index in [2.05, 4.69) is 39.5 Å². The molecule has 0 radical (unpaired) electrons. The maximum absolute atomic E-state index is 6.45. The summed E-state index contributed by atoms with van der Waals surface area (Å²) in [6, 6.07) is 0.891. The summed E-state index contributed by atoms with van der Waals surface area (Å²) in [7, 11) is 0. The van der Waals surface area contributed by atoms with Crippen LogP contribution in [0.4, 0.5) is 0 Å². The third-order valence-corrected chi connectivity index (χ3v) is 5.06. The summed E-state index contributed by atoms with van der Waals surface area (Å²) in [4.78, 5) is 2.64. The van der Waals surface area contributed by atoms with Gasteiger partial charge in [0, 0.05) is 24.5 Å². The van der Waals surface area contributed by atoms with Crippen molar-refractivity contribution in [3.63, 3.8) is 0 Å². The van der Waals surface area contributed by atoms with Gasteiger partial charge in [0.05, 0.1) is 11.2 Å². The van der Waals surface area contributed by atoms with Gasteiger partial charge in [0.15, 0.2) is 0 Å². The normalized spacial score (nSPS) is 39.3. The molecule has 0 aromatic carbocycles. The van der Waals surface area contributed by atoms with E-state index in [0.717, 1.165) is 12.6 Å². The average molecular weight is 254 g/mol. The zero-order valence-corrected chi connectivity index (χ0v) is 12.7. The zero-order chi connectivity index (χ0) is 13.6. The van der Waals surface area contributed by atoms with E-state index in [1.807, 2.05) is 0 Å². The number of rotatable bonds is 3. The smallest absolute Gasteiger partial charge is 0.0788 e. The molecule has 0 aromatic rings. The van der Waals surface area contributed by atoms with Crippen LogP contribution in [0.15, 0.2) is 0 Å². The van der Waals surface area contributed by atoms with Crippen molar-refractivity contribution < 1.29 is 4.74 Å². The molecule has 0 amide bonds. The molecular formula is C15H30N2O. The van der Waals surface area contributed by atoms with Crippen molar-refractivity contribution >= 4 is 0 Å². The Labute approximate surface area is 112 Å². The molecule has 2 rings (SSSR count). The van der Waals surface area contributed by atoms with Crippen molar-refractivity contribution in [1.82, 2.24) is 4.90 Å². The lowest BCUT2D eigenvalue weighted by Crippen LogP contribution is -2.49. The molecule has 3 nitrogen and oxygen atoms in total. The highest BCUT2D eigenvalue weighted by Gasteiger charge is 2.52. The summed E-state index contributed by atoms with van der Waals surface area (Å²) in [5, 5.41) is 0. The topological polar surface area (TPSA) is 38.5 Å². The Morgan fingerprint density at radius 1 is 1.22 bits per heavy atom. The number of likely N-dealkylation sites (tertiary alicyclic amines) is 1. The second-order valence-electron chi connectivity index (χ2n) is 7.14. The average Bonchev–Trinajstić information content (AvgIpc) is 2.75. The molecule has 2 fully saturated rings. The van der Waals surface area contributed by atoms with E-state index in [1.54, 1.807) is 0 Å². The molecule has 3 atom stereocenters. The molecule has 2 N–H and O–H groups in total. The number of ether oxygens (including phenoxy) is 1. The van der Waals surface area contributed by atoms with Crippen LogP contribution >= 0.6 is 0 Å². The van der Waals surface area contributed by atoms with Gasteiger partial charge in [0.2, 0.25) is 0 Å². The molecule has 0 saturated carbocycles. The molecule has 0 aromatic heterocycles. The Hall–Kier alpha value is -0.120. The first kappa shape index (κ1) is 14.3. The number of hydrogen-bond donors (Lipinski definition) is 1. The van der Waals surface area contributed by atoms with E-state index in [1.165, 1.54) is 25.8 Å². The zero-order valence-electron chi connectivity index (χ0n) is 12.7. The summed E-state index contributed by atoms with van der Waals surface area (Å²) in [5.74, 6) is 0.430. The fourth-order valence-electron chi connectivity index (χ4n) is 3.92. The predicted octanol–water partition coefficient (Wildman–Crippen LogP) is 2.39. The number of hydrogen-bond acceptors (Lipinski definition) is 3. The fraction of sp³-hybridized carbons (Fsp3) is 1.00. The number of nitrogens with two attached hydrogens (primary N) is 1. The van der Waals surface area contributed by atoms with Crippen LogP contribution in [0.5, 0.6) is 0 Å². The van der Waals surface area contributed by atoms with Crippen molar-refractivity contribution in [3.8, 4) is 0 Å². The van der Waals surface area contributed by atoms with Crippen LogP contribution < -0.4 is 5.73 Å². The van der Waals surface area contributed by atoms with E-state index in [9.17, 15) is 0 Å². The van der Waals surface area contributed by atoms with Crippen molar-refractivity contribution in [1.29, 1.82) is 0 Å². The van der Waals surface area contributed by atoms with Crippen LogP contribution in [0.1, 0.15) is 53.9 Å². The number of nitrogens with zero attached hydrogens (tertiary/aromatic N) is 1. The maximum atomic E-state index is 6.45. The standard InChI is InChI=1S/C15H30N2O/c1-6-11-8-7-9-17(11)10-12-13(16)15(4,5)18-14(12,2)3/h11-13H,6-10,16H2,1-5H3. The van der Waals surface area contributed by atoms with E-state index in [-0.39, 0.29) is 17.2 Å². The van der Waals surface area contributed by atoms with Gasteiger partial charge in [0.25, 0.3) is 0 Å². The van der Waals surface area contributed by atoms with E-state index in [4.69, 9.17) is 10.5 Å². The minimum Gasteiger partial charge on any atom is -0.368 e. The molecular weight excluding hydrogens is 224 g/mol. The minimum atomic E-state index is -0.199. The molecule has 2 saturated heterocycles. The lowest BCUT2D eigenvalue weighted by atomic mass is 9.82. The molecule has 106 valence electrons. The summed E-state index contributed by atoms with van der Waals surface area (Å²) >= 11 is 0. The molecule has 2 heterocycles. The van der Waals surface area contributed by atoms with E-state index < -0.39 is 0 Å². The van der Waals surface area contributed by atoms with Crippen LogP contribution in [0, 0.1) is 5.92 Å². The molecule has 0 spiro atoms. The van der Waals surface area contributed by atoms with Crippen LogP contribution in [-0.2, 0) is 4.74 Å². The van der Waals surface area contributed by atoms with Gasteiger partial charge in [-0.1, -0.05) is 6.92 Å². The highest BCUT2D eigenvalue weighted by Crippen LogP contribution is 2.42. The lowest BCUT2D eigenvalue weighted by molar-refractivity contribution is -0.0787. The predicted molar refractivity (Wildman–Crippen MR) is 75.6 cm³/mol. The van der Waals surface area contributed by atoms with Gasteiger partial charge in [-0.05, 0) is 53.5 Å². The van der Waals surface area contributed by atoms with Gasteiger partial charge in [-0.3, -0.25) is 4.90 Å². The second kappa shape index (κ2) is 4.77. The Morgan fingerprint density at radius 3 is 2.39 bits per heavy atom. The minimum absolute atomic E-state index is 0.107. The Bertz CT molecular complexity index is 301. The van der Waals surface area contributed by atoms with Gasteiger partial charge in [0.1, 0.15) is 0 Å². The Morgan fingerprint density at radius 2 is 1.89 bits per heavy atom. The van der Waals surface area contributed by atoms with Gasteiger partial charge in [-0.15, -0.1) is 0 Å². The molecule has 2 aliphatic rings. The lowest BCUT2D eigenvalue weighted by Gasteiger charge is -2.33. The molecule has 18 heavy (non-hydrogen) atoms. The van der Waals surface area contributed by atoms with Gasteiger partial charge >= 0.3 is 0 Å². The summed E-state index contributed by atoms with van der Waals surface area (Å²) in [5.41, 5.74) is 6.14. The first-order chi connectivity index (χ1) is 8.28. The largest absolute Gasteiger partial charge is 0.368 e. The van der Waals surface area contributed by atoms with Crippen LogP contribution in [0.2, 0.25) is 0 Å². The quantitative estimate of drug-likeness (QED) is 0.840. The summed E-state index contributed by atoms with van der Waals surface area (Å²) in [6.45, 7) is 13.3. The van der Waals surface area contributed by atoms with Crippen LogP contribution in [-0.4, -0.2) is 41.3 Å². The van der Waals surface area contributed by atoms with Crippen LogP contribution in [0.25, 0.3) is 0 Å². The SMILES string of the molecule is CCC1CCCN1CC1C(N)C(C)(C)OC1(C)C. The van der Waals surface area contributed by atoms with Gasteiger partial charge in [-0.2, -0.15) is 0 Å². The van der Waals surface area contributed by atoms with Crippen molar-refractivity contribution in [2.45, 2.75) is 77.2 Å². The Balaban J connectivity index is 2.08.